The van der Waals surface area contributed by atoms with Crippen molar-refractivity contribution in [3.05, 3.63) is 29.8 Å². The van der Waals surface area contributed by atoms with Crippen LogP contribution in [0.5, 0.6) is 5.75 Å². The van der Waals surface area contributed by atoms with Crippen LogP contribution in [0.2, 0.25) is 0 Å². The Morgan fingerprint density at radius 3 is 2.55 bits per heavy atom. The van der Waals surface area contributed by atoms with Crippen LogP contribution in [-0.4, -0.2) is 85.2 Å². The second kappa shape index (κ2) is 8.34. The van der Waals surface area contributed by atoms with Gasteiger partial charge in [0.2, 0.25) is 5.91 Å². The molecule has 4 rings (SSSR count). The largest absolute Gasteiger partial charge is 0.497 e. The van der Waals surface area contributed by atoms with Crippen molar-refractivity contribution >= 4 is 12.0 Å². The van der Waals surface area contributed by atoms with Gasteiger partial charge >= 0.3 is 6.09 Å². The summed E-state index contributed by atoms with van der Waals surface area (Å²) in [6.07, 6.45) is 1.42. The lowest BCUT2D eigenvalue weighted by Gasteiger charge is -2.36. The van der Waals surface area contributed by atoms with Crippen molar-refractivity contribution in [1.29, 1.82) is 0 Å². The van der Waals surface area contributed by atoms with Crippen molar-refractivity contribution < 1.29 is 19.1 Å². The van der Waals surface area contributed by atoms with Gasteiger partial charge in [-0.2, -0.15) is 0 Å². The number of likely N-dealkylation sites (tertiary alicyclic amines) is 1. The van der Waals surface area contributed by atoms with Crippen LogP contribution in [0.15, 0.2) is 24.3 Å². The van der Waals surface area contributed by atoms with Crippen LogP contribution in [0.1, 0.15) is 32.8 Å². The minimum absolute atomic E-state index is 0.173. The van der Waals surface area contributed by atoms with Gasteiger partial charge in [0.15, 0.2) is 0 Å². The Morgan fingerprint density at radius 2 is 1.87 bits per heavy atom. The van der Waals surface area contributed by atoms with Crippen LogP contribution in [0, 0.1) is 11.3 Å². The molecule has 0 aromatic heterocycles. The fraction of sp³-hybridized carbons (Fsp3) is 0.667. The summed E-state index contributed by atoms with van der Waals surface area (Å²) in [6, 6.07) is 7.72. The quantitative estimate of drug-likeness (QED) is 0.720. The number of carbonyl (C=O) groups is 2. The second-order valence-corrected chi connectivity index (χ2v) is 10.3. The number of amides is 2. The number of hydrogen-bond donors (Lipinski definition) is 0. The number of carbonyl (C=O) groups excluding carboxylic acids is 2. The number of benzene rings is 1. The molecule has 31 heavy (non-hydrogen) atoms. The Bertz CT molecular complexity index is 828. The van der Waals surface area contributed by atoms with E-state index in [4.69, 9.17) is 9.47 Å². The number of hydrogen-bond acceptors (Lipinski definition) is 5. The number of rotatable bonds is 5. The summed E-state index contributed by atoms with van der Waals surface area (Å²) in [5, 5.41) is 0. The number of piperidine rings is 1. The normalized spacial score (nSPS) is 25.9. The molecule has 1 saturated carbocycles. The molecule has 3 aliphatic rings. The van der Waals surface area contributed by atoms with E-state index >= 15 is 0 Å². The van der Waals surface area contributed by atoms with Gasteiger partial charge in [-0.05, 0) is 50.8 Å². The van der Waals surface area contributed by atoms with Gasteiger partial charge in [-0.25, -0.2) is 4.79 Å². The van der Waals surface area contributed by atoms with Crippen LogP contribution in [0.25, 0.3) is 0 Å². The molecule has 170 valence electrons. The van der Waals surface area contributed by atoms with Crippen molar-refractivity contribution in [2.45, 2.75) is 39.2 Å². The average Bonchev–Trinajstić information content (AvgIpc) is 3.25. The van der Waals surface area contributed by atoms with Crippen molar-refractivity contribution in [3.8, 4) is 5.75 Å². The molecule has 2 amide bonds. The molecule has 0 spiro atoms. The second-order valence-electron chi connectivity index (χ2n) is 10.3. The van der Waals surface area contributed by atoms with E-state index in [9.17, 15) is 9.59 Å². The zero-order chi connectivity index (χ0) is 22.2. The molecule has 0 radical (unpaired) electrons. The fourth-order valence-electron chi connectivity index (χ4n) is 4.97. The molecule has 1 aromatic carbocycles. The minimum atomic E-state index is -0.454. The van der Waals surface area contributed by atoms with Crippen molar-refractivity contribution in [2.75, 3.05) is 52.9 Å². The molecule has 1 aliphatic carbocycles. The number of fused-ring (bicyclic) bond motifs is 1. The summed E-state index contributed by atoms with van der Waals surface area (Å²) < 4.78 is 10.8. The van der Waals surface area contributed by atoms with E-state index in [0.29, 0.717) is 12.3 Å². The van der Waals surface area contributed by atoms with Gasteiger partial charge in [0, 0.05) is 51.2 Å². The molecule has 7 nitrogen and oxygen atoms in total. The van der Waals surface area contributed by atoms with Gasteiger partial charge in [0.1, 0.15) is 11.4 Å². The first-order valence-electron chi connectivity index (χ1n) is 11.3. The van der Waals surface area contributed by atoms with E-state index in [1.165, 1.54) is 6.42 Å². The number of ether oxygens (including phenoxy) is 2. The molecule has 2 saturated heterocycles. The topological polar surface area (TPSA) is 62.3 Å². The van der Waals surface area contributed by atoms with Crippen LogP contribution < -0.4 is 4.74 Å². The maximum absolute atomic E-state index is 12.7. The first-order chi connectivity index (χ1) is 14.7. The molecule has 2 aliphatic heterocycles. The third kappa shape index (κ3) is 5.14. The fourth-order valence-corrected chi connectivity index (χ4v) is 4.97. The predicted octanol–water partition coefficient (Wildman–Crippen LogP) is 2.64. The lowest BCUT2D eigenvalue weighted by atomic mass is 10.0. The molecular weight excluding hydrogens is 394 g/mol. The van der Waals surface area contributed by atoms with E-state index in [2.05, 4.69) is 4.90 Å². The SMILES string of the molecule is COc1cccc(CC(=O)N2CCN(C[C@@]34C[C@H]3CN(C(=O)OC(C)(C)C)C4)CC2)c1. The zero-order valence-corrected chi connectivity index (χ0v) is 19.2. The Kier molecular flexibility index (Phi) is 5.90. The number of nitrogens with zero attached hydrogens (tertiary/aromatic N) is 3. The summed E-state index contributed by atoms with van der Waals surface area (Å²) in [5.74, 6) is 1.55. The highest BCUT2D eigenvalue weighted by molar-refractivity contribution is 5.79. The van der Waals surface area contributed by atoms with E-state index in [0.717, 1.165) is 57.1 Å². The van der Waals surface area contributed by atoms with Gasteiger partial charge in [0.25, 0.3) is 0 Å². The van der Waals surface area contributed by atoms with Crippen LogP contribution in [-0.2, 0) is 16.0 Å². The van der Waals surface area contributed by atoms with Gasteiger partial charge in [-0.15, -0.1) is 0 Å². The highest BCUT2D eigenvalue weighted by Crippen LogP contribution is 2.58. The highest BCUT2D eigenvalue weighted by atomic mass is 16.6. The average molecular weight is 430 g/mol. The van der Waals surface area contributed by atoms with Gasteiger partial charge in [-0.3, -0.25) is 9.69 Å². The van der Waals surface area contributed by atoms with Gasteiger partial charge in [0.05, 0.1) is 13.5 Å². The number of methoxy groups -OCH3 is 1. The molecule has 7 heteroatoms. The maximum atomic E-state index is 12.7. The first kappa shape index (κ1) is 21.9. The standard InChI is InChI=1S/C24H35N3O4/c1-23(2,3)31-22(29)27-15-19-14-24(19,17-27)16-25-8-10-26(11-9-25)21(28)13-18-6-5-7-20(12-18)30-4/h5-7,12,19H,8-11,13-17H2,1-4H3/t19-,24+/m0/s1. The van der Waals surface area contributed by atoms with Crippen molar-refractivity contribution in [2.24, 2.45) is 11.3 Å². The molecule has 2 atom stereocenters. The molecule has 0 N–H and O–H groups in total. The molecule has 0 unspecified atom stereocenters. The summed E-state index contributed by atoms with van der Waals surface area (Å²) in [7, 11) is 1.64. The predicted molar refractivity (Wildman–Crippen MR) is 118 cm³/mol. The highest BCUT2D eigenvalue weighted by Gasteiger charge is 2.61. The van der Waals surface area contributed by atoms with Crippen LogP contribution in [0.4, 0.5) is 4.79 Å². The van der Waals surface area contributed by atoms with Gasteiger partial charge < -0.3 is 19.3 Å². The smallest absolute Gasteiger partial charge is 0.410 e. The molecule has 1 aromatic rings. The molecule has 2 heterocycles. The Hall–Kier alpha value is -2.28. The van der Waals surface area contributed by atoms with E-state index in [1.54, 1.807) is 7.11 Å². The van der Waals surface area contributed by atoms with Crippen LogP contribution >= 0.6 is 0 Å². The number of piperazine rings is 1. The lowest BCUT2D eigenvalue weighted by molar-refractivity contribution is -0.132. The Labute approximate surface area is 185 Å². The third-order valence-corrected chi connectivity index (χ3v) is 6.71. The molecule has 3 fully saturated rings. The van der Waals surface area contributed by atoms with E-state index < -0.39 is 5.60 Å². The maximum Gasteiger partial charge on any atom is 0.410 e. The molecule has 0 bridgehead atoms. The van der Waals surface area contributed by atoms with E-state index in [-0.39, 0.29) is 17.4 Å². The summed E-state index contributed by atoms with van der Waals surface area (Å²) >= 11 is 0. The first-order valence-corrected chi connectivity index (χ1v) is 11.3. The van der Waals surface area contributed by atoms with Crippen molar-refractivity contribution in [1.82, 2.24) is 14.7 Å². The van der Waals surface area contributed by atoms with Gasteiger partial charge in [-0.1, -0.05) is 12.1 Å². The summed E-state index contributed by atoms with van der Waals surface area (Å²) in [4.78, 5) is 31.5. The van der Waals surface area contributed by atoms with Crippen molar-refractivity contribution in [3.63, 3.8) is 0 Å². The Morgan fingerprint density at radius 1 is 1.13 bits per heavy atom. The van der Waals surface area contributed by atoms with Crippen LogP contribution in [0.3, 0.4) is 0 Å². The summed E-state index contributed by atoms with van der Waals surface area (Å²) in [5.41, 5.74) is 0.758. The summed E-state index contributed by atoms with van der Waals surface area (Å²) in [6.45, 7) is 11.7. The third-order valence-electron chi connectivity index (χ3n) is 6.71. The molecular formula is C24H35N3O4. The minimum Gasteiger partial charge on any atom is -0.497 e. The monoisotopic (exact) mass is 429 g/mol. The zero-order valence-electron chi connectivity index (χ0n) is 19.2. The lowest BCUT2D eigenvalue weighted by Crippen LogP contribution is -2.51. The Balaban J connectivity index is 1.23. The van der Waals surface area contributed by atoms with E-state index in [1.807, 2.05) is 54.8 Å².